The van der Waals surface area contributed by atoms with Gasteiger partial charge in [0.2, 0.25) is 0 Å². The van der Waals surface area contributed by atoms with Crippen molar-refractivity contribution >= 4 is 11.7 Å². The van der Waals surface area contributed by atoms with Crippen molar-refractivity contribution in [3.05, 3.63) is 122 Å². The minimum absolute atomic E-state index is 0.0219. The van der Waals surface area contributed by atoms with Crippen LogP contribution in [0.2, 0.25) is 0 Å². The summed E-state index contributed by atoms with van der Waals surface area (Å²) in [6.45, 7) is 9.99. The SMILES string of the molecule is CNCc1c(C)cc(N)cc1C.Cc1cc(C(=O)O)c(C)n1Cc1ccc(Cn2ccccc2=O)cc1. The van der Waals surface area contributed by atoms with Gasteiger partial charge >= 0.3 is 5.97 Å². The predicted octanol–water partition coefficient (Wildman–Crippen LogP) is 4.67. The van der Waals surface area contributed by atoms with Crippen molar-refractivity contribution in [3.63, 3.8) is 0 Å². The number of hydrogen-bond donors (Lipinski definition) is 3. The highest BCUT2D eigenvalue weighted by atomic mass is 16.4. The third-order valence-electron chi connectivity index (χ3n) is 6.49. The summed E-state index contributed by atoms with van der Waals surface area (Å²) in [5, 5.41) is 12.4. The van der Waals surface area contributed by atoms with Crippen LogP contribution in [0.15, 0.2) is 71.7 Å². The lowest BCUT2D eigenvalue weighted by Crippen LogP contribution is -2.18. The van der Waals surface area contributed by atoms with Crippen molar-refractivity contribution < 1.29 is 9.90 Å². The second kappa shape index (κ2) is 12.2. The van der Waals surface area contributed by atoms with Crippen LogP contribution in [0.3, 0.4) is 0 Å². The molecule has 0 saturated heterocycles. The van der Waals surface area contributed by atoms with E-state index in [9.17, 15) is 14.7 Å². The van der Waals surface area contributed by atoms with Gasteiger partial charge in [-0.25, -0.2) is 4.79 Å². The van der Waals surface area contributed by atoms with Crippen LogP contribution < -0.4 is 16.6 Å². The van der Waals surface area contributed by atoms with E-state index in [0.29, 0.717) is 18.7 Å². The number of carboxylic acids is 1. The second-order valence-corrected chi connectivity index (χ2v) is 9.32. The summed E-state index contributed by atoms with van der Waals surface area (Å²) in [6, 6.07) is 18.9. The number of carbonyl (C=O) groups is 1. The van der Waals surface area contributed by atoms with Crippen LogP contribution in [0.25, 0.3) is 0 Å². The number of benzene rings is 2. The van der Waals surface area contributed by atoms with Gasteiger partial charge in [-0.05, 0) is 86.8 Å². The molecular weight excluding hydrogens is 464 g/mol. The first-order valence-electron chi connectivity index (χ1n) is 12.2. The number of rotatable bonds is 7. The first-order valence-corrected chi connectivity index (χ1v) is 12.2. The van der Waals surface area contributed by atoms with Gasteiger partial charge in [0.25, 0.3) is 5.56 Å². The molecule has 0 amide bonds. The first-order chi connectivity index (χ1) is 17.6. The minimum atomic E-state index is -0.900. The summed E-state index contributed by atoms with van der Waals surface area (Å²) in [7, 11) is 1.95. The van der Waals surface area contributed by atoms with Crippen LogP contribution >= 0.6 is 0 Å². The predicted molar refractivity (Wildman–Crippen MR) is 149 cm³/mol. The van der Waals surface area contributed by atoms with Crippen molar-refractivity contribution in [2.24, 2.45) is 0 Å². The molecule has 0 aliphatic rings. The van der Waals surface area contributed by atoms with Crippen LogP contribution in [0.5, 0.6) is 0 Å². The number of nitrogen functional groups attached to an aromatic ring is 1. The fourth-order valence-corrected chi connectivity index (χ4v) is 4.46. The van der Waals surface area contributed by atoms with E-state index in [4.69, 9.17) is 5.73 Å². The highest BCUT2D eigenvalue weighted by Crippen LogP contribution is 2.18. The summed E-state index contributed by atoms with van der Waals surface area (Å²) < 4.78 is 3.66. The fourth-order valence-electron chi connectivity index (χ4n) is 4.46. The zero-order valence-electron chi connectivity index (χ0n) is 22.2. The maximum absolute atomic E-state index is 11.8. The van der Waals surface area contributed by atoms with Crippen LogP contribution in [0.4, 0.5) is 5.69 Å². The van der Waals surface area contributed by atoms with Crippen molar-refractivity contribution in [1.82, 2.24) is 14.5 Å². The zero-order chi connectivity index (χ0) is 27.1. The third-order valence-corrected chi connectivity index (χ3v) is 6.49. The quantitative estimate of drug-likeness (QED) is 0.320. The van der Waals surface area contributed by atoms with Gasteiger partial charge in [0.1, 0.15) is 0 Å². The Morgan fingerprint density at radius 3 is 2.03 bits per heavy atom. The summed E-state index contributed by atoms with van der Waals surface area (Å²) >= 11 is 0. The standard InChI is InChI=1S/C20H20N2O3.C10H16N2/c1-14-11-18(20(24)25)15(2)22(14)13-17-8-6-16(7-9-17)12-21-10-4-3-5-19(21)23;1-7-4-9(11)5-8(2)10(7)6-12-3/h3-11H,12-13H2,1-2H3,(H,24,25);4-5,12H,6,11H2,1-3H3. The van der Waals surface area contributed by atoms with Crippen LogP contribution in [-0.2, 0) is 19.6 Å². The Hall–Kier alpha value is -4.10. The fraction of sp³-hybridized carbons (Fsp3) is 0.267. The van der Waals surface area contributed by atoms with E-state index in [1.807, 2.05) is 67.9 Å². The van der Waals surface area contributed by atoms with Gasteiger partial charge in [-0.2, -0.15) is 0 Å². The number of nitrogens with zero attached hydrogens (tertiary/aromatic N) is 2. The molecule has 4 aromatic rings. The average molecular weight is 501 g/mol. The monoisotopic (exact) mass is 500 g/mol. The minimum Gasteiger partial charge on any atom is -0.478 e. The molecule has 2 aromatic carbocycles. The number of pyridine rings is 1. The maximum Gasteiger partial charge on any atom is 0.337 e. The number of aromatic carboxylic acids is 1. The Morgan fingerprint density at radius 2 is 1.51 bits per heavy atom. The van der Waals surface area contributed by atoms with Gasteiger partial charge in [-0.15, -0.1) is 0 Å². The van der Waals surface area contributed by atoms with Gasteiger partial charge < -0.3 is 25.3 Å². The molecule has 7 nitrogen and oxygen atoms in total. The number of aryl methyl sites for hydroxylation is 3. The Labute approximate surface area is 218 Å². The van der Waals surface area contributed by atoms with Gasteiger partial charge in [-0.1, -0.05) is 30.3 Å². The molecule has 0 spiro atoms. The second-order valence-electron chi connectivity index (χ2n) is 9.32. The molecule has 4 N–H and O–H groups in total. The number of carboxylic acid groups (broad SMARTS) is 1. The molecule has 0 aliphatic carbocycles. The smallest absolute Gasteiger partial charge is 0.337 e. The molecule has 2 aromatic heterocycles. The van der Waals surface area contributed by atoms with Gasteiger partial charge in [0.05, 0.1) is 12.1 Å². The molecule has 7 heteroatoms. The Bertz CT molecular complexity index is 1410. The zero-order valence-corrected chi connectivity index (χ0v) is 22.2. The van der Waals surface area contributed by atoms with Gasteiger partial charge in [0.15, 0.2) is 0 Å². The maximum atomic E-state index is 11.8. The van der Waals surface area contributed by atoms with E-state index >= 15 is 0 Å². The van der Waals surface area contributed by atoms with Crippen LogP contribution in [0.1, 0.15) is 49.6 Å². The van der Waals surface area contributed by atoms with Crippen molar-refractivity contribution in [3.8, 4) is 0 Å². The van der Waals surface area contributed by atoms with E-state index in [1.165, 1.54) is 16.7 Å². The van der Waals surface area contributed by atoms with Crippen molar-refractivity contribution in [2.75, 3.05) is 12.8 Å². The molecule has 0 radical (unpaired) electrons. The summed E-state index contributed by atoms with van der Waals surface area (Å²) in [5.41, 5.74) is 14.6. The molecule has 2 heterocycles. The highest BCUT2D eigenvalue weighted by Gasteiger charge is 2.14. The van der Waals surface area contributed by atoms with Crippen molar-refractivity contribution in [1.29, 1.82) is 0 Å². The lowest BCUT2D eigenvalue weighted by Gasteiger charge is -2.11. The van der Waals surface area contributed by atoms with E-state index in [-0.39, 0.29) is 5.56 Å². The molecule has 4 rings (SSSR count). The molecule has 0 atom stereocenters. The summed E-state index contributed by atoms with van der Waals surface area (Å²) in [5.74, 6) is -0.900. The van der Waals surface area contributed by atoms with E-state index < -0.39 is 5.97 Å². The average Bonchev–Trinajstić information content (AvgIpc) is 3.13. The molecule has 0 fully saturated rings. The lowest BCUT2D eigenvalue weighted by atomic mass is 10.0. The number of nitrogens with two attached hydrogens (primary N) is 1. The molecule has 0 bridgehead atoms. The van der Waals surface area contributed by atoms with Crippen LogP contribution in [0, 0.1) is 27.7 Å². The topological polar surface area (TPSA) is 102 Å². The molecule has 194 valence electrons. The van der Waals surface area contributed by atoms with Crippen LogP contribution in [-0.4, -0.2) is 27.3 Å². The molecule has 0 saturated carbocycles. The highest BCUT2D eigenvalue weighted by molar-refractivity contribution is 5.89. The van der Waals surface area contributed by atoms with Gasteiger partial charge in [-0.3, -0.25) is 4.79 Å². The Kier molecular flexibility index (Phi) is 9.09. The third kappa shape index (κ3) is 6.98. The number of hydrogen-bond acceptors (Lipinski definition) is 4. The van der Waals surface area contributed by atoms with E-state index in [1.54, 1.807) is 29.0 Å². The van der Waals surface area contributed by atoms with E-state index in [0.717, 1.165) is 34.7 Å². The largest absolute Gasteiger partial charge is 0.478 e. The van der Waals surface area contributed by atoms with Crippen molar-refractivity contribution in [2.45, 2.75) is 47.3 Å². The molecule has 37 heavy (non-hydrogen) atoms. The van der Waals surface area contributed by atoms with Gasteiger partial charge in [0, 0.05) is 42.4 Å². The summed E-state index contributed by atoms with van der Waals surface area (Å²) in [4.78, 5) is 23.0. The lowest BCUT2D eigenvalue weighted by molar-refractivity contribution is 0.0696. The number of aromatic nitrogens is 2. The first kappa shape index (κ1) is 27.5. The Morgan fingerprint density at radius 1 is 0.919 bits per heavy atom. The molecule has 0 unspecified atom stereocenters. The Balaban J connectivity index is 0.000000266. The molecule has 0 aliphatic heterocycles. The normalized spacial score (nSPS) is 10.6. The molecular formula is C30H36N4O3. The number of nitrogens with one attached hydrogen (secondary N) is 1. The number of anilines is 1. The summed E-state index contributed by atoms with van der Waals surface area (Å²) in [6.07, 6.45) is 1.77. The van der Waals surface area contributed by atoms with E-state index in [2.05, 4.69) is 19.2 Å².